The third kappa shape index (κ3) is 5.38. The number of carbonyl (C=O) groups is 1. The predicted octanol–water partition coefficient (Wildman–Crippen LogP) is 3.16. The van der Waals surface area contributed by atoms with Crippen LogP contribution in [0.5, 0.6) is 5.75 Å². The first-order valence-electron chi connectivity index (χ1n) is 7.83. The highest BCUT2D eigenvalue weighted by atomic mass is 16.5. The van der Waals surface area contributed by atoms with Crippen molar-refractivity contribution in [2.75, 3.05) is 20.3 Å². The molecule has 0 saturated heterocycles. The fraction of sp³-hybridized carbons (Fsp3) is 0.588. The molecule has 1 fully saturated rings. The molecule has 4 nitrogen and oxygen atoms in total. The summed E-state index contributed by atoms with van der Waals surface area (Å²) in [5.74, 6) is 0.634. The van der Waals surface area contributed by atoms with E-state index in [9.17, 15) is 4.79 Å². The topological polar surface area (TPSA) is 47.6 Å². The molecule has 0 aliphatic heterocycles. The number of rotatable bonds is 7. The van der Waals surface area contributed by atoms with Crippen molar-refractivity contribution in [1.82, 2.24) is 5.32 Å². The molecule has 1 aromatic carbocycles. The van der Waals surface area contributed by atoms with Gasteiger partial charge in [-0.05, 0) is 37.5 Å². The van der Waals surface area contributed by atoms with Crippen molar-refractivity contribution in [3.8, 4) is 5.75 Å². The maximum atomic E-state index is 12.0. The van der Waals surface area contributed by atoms with Gasteiger partial charge in [0, 0.05) is 18.7 Å². The van der Waals surface area contributed by atoms with E-state index in [1.807, 2.05) is 12.1 Å². The van der Waals surface area contributed by atoms with Crippen LogP contribution in [0.4, 0.5) is 0 Å². The van der Waals surface area contributed by atoms with Gasteiger partial charge in [-0.15, -0.1) is 0 Å². The van der Waals surface area contributed by atoms with Gasteiger partial charge >= 0.3 is 0 Å². The quantitative estimate of drug-likeness (QED) is 0.785. The highest BCUT2D eigenvalue weighted by Gasteiger charge is 2.13. The van der Waals surface area contributed by atoms with Gasteiger partial charge in [0.1, 0.15) is 5.75 Å². The van der Waals surface area contributed by atoms with Crippen LogP contribution in [0.25, 0.3) is 0 Å². The van der Waals surface area contributed by atoms with Gasteiger partial charge in [0.05, 0.1) is 13.2 Å². The number of hydrogen-bond donors (Lipinski definition) is 1. The summed E-state index contributed by atoms with van der Waals surface area (Å²) in [4.78, 5) is 12.0. The van der Waals surface area contributed by atoms with E-state index in [0.717, 1.165) is 13.0 Å². The van der Waals surface area contributed by atoms with Gasteiger partial charge in [-0.2, -0.15) is 0 Å². The number of benzene rings is 1. The van der Waals surface area contributed by atoms with Crippen LogP contribution in [0, 0.1) is 0 Å². The lowest BCUT2D eigenvalue weighted by atomic mass is 9.98. The summed E-state index contributed by atoms with van der Waals surface area (Å²) in [6, 6.07) is 7.18. The van der Waals surface area contributed by atoms with Gasteiger partial charge in [0.15, 0.2) is 0 Å². The fourth-order valence-corrected chi connectivity index (χ4v) is 2.62. The Kier molecular flexibility index (Phi) is 6.54. The molecule has 1 aliphatic rings. The van der Waals surface area contributed by atoms with Crippen LogP contribution >= 0.6 is 0 Å². The van der Waals surface area contributed by atoms with Crippen LogP contribution in [0.3, 0.4) is 0 Å². The third-order valence-electron chi connectivity index (χ3n) is 3.84. The summed E-state index contributed by atoms with van der Waals surface area (Å²) >= 11 is 0. The molecular weight excluding hydrogens is 266 g/mol. The minimum Gasteiger partial charge on any atom is -0.497 e. The van der Waals surface area contributed by atoms with Crippen LogP contribution in [0.15, 0.2) is 24.3 Å². The minimum absolute atomic E-state index is 0.0634. The van der Waals surface area contributed by atoms with E-state index in [-0.39, 0.29) is 5.91 Å². The van der Waals surface area contributed by atoms with Crippen molar-refractivity contribution in [2.45, 2.75) is 44.6 Å². The Balaban J connectivity index is 1.62. The summed E-state index contributed by atoms with van der Waals surface area (Å²) < 4.78 is 11.0. The average Bonchev–Trinajstić information content (AvgIpc) is 2.55. The second-order valence-corrected chi connectivity index (χ2v) is 5.47. The lowest BCUT2D eigenvalue weighted by molar-refractivity contribution is 0.0273. The number of methoxy groups -OCH3 is 1. The van der Waals surface area contributed by atoms with Gasteiger partial charge in [0.2, 0.25) is 0 Å². The SMILES string of the molecule is COc1cccc(C(=O)NCCCOC2CCCCC2)c1. The van der Waals surface area contributed by atoms with Crippen LogP contribution < -0.4 is 10.1 Å². The molecule has 0 unspecified atom stereocenters. The Labute approximate surface area is 126 Å². The van der Waals surface area contributed by atoms with E-state index in [2.05, 4.69) is 5.32 Å². The van der Waals surface area contributed by atoms with Gasteiger partial charge in [-0.25, -0.2) is 0 Å². The summed E-state index contributed by atoms with van der Waals surface area (Å²) in [6.45, 7) is 1.37. The van der Waals surface area contributed by atoms with Crippen molar-refractivity contribution >= 4 is 5.91 Å². The van der Waals surface area contributed by atoms with Crippen LogP contribution in [0.1, 0.15) is 48.9 Å². The second kappa shape index (κ2) is 8.67. The Bertz CT molecular complexity index is 441. The van der Waals surface area contributed by atoms with Crippen molar-refractivity contribution in [2.24, 2.45) is 0 Å². The van der Waals surface area contributed by atoms with Crippen molar-refractivity contribution in [1.29, 1.82) is 0 Å². The number of hydrogen-bond acceptors (Lipinski definition) is 3. The van der Waals surface area contributed by atoms with Gasteiger partial charge in [-0.3, -0.25) is 4.79 Å². The zero-order valence-corrected chi connectivity index (χ0v) is 12.8. The van der Waals surface area contributed by atoms with Crippen molar-refractivity contribution in [3.63, 3.8) is 0 Å². The minimum atomic E-state index is -0.0634. The zero-order valence-electron chi connectivity index (χ0n) is 12.8. The van der Waals surface area contributed by atoms with E-state index < -0.39 is 0 Å². The van der Waals surface area contributed by atoms with Gasteiger partial charge < -0.3 is 14.8 Å². The summed E-state index contributed by atoms with van der Waals surface area (Å²) in [5.41, 5.74) is 0.627. The molecule has 0 aromatic heterocycles. The van der Waals surface area contributed by atoms with Crippen molar-refractivity contribution in [3.05, 3.63) is 29.8 Å². The molecule has 1 aromatic rings. The first-order valence-corrected chi connectivity index (χ1v) is 7.83. The molecule has 1 saturated carbocycles. The fourth-order valence-electron chi connectivity index (χ4n) is 2.62. The first-order chi connectivity index (χ1) is 10.3. The summed E-state index contributed by atoms with van der Waals surface area (Å²) in [6.07, 6.45) is 7.59. The highest BCUT2D eigenvalue weighted by Crippen LogP contribution is 2.20. The number of carbonyl (C=O) groups excluding carboxylic acids is 1. The Morgan fingerprint density at radius 2 is 2.10 bits per heavy atom. The standard InChI is InChI=1S/C17H25NO3/c1-20-16-10-5-7-14(13-16)17(19)18-11-6-12-21-15-8-3-2-4-9-15/h5,7,10,13,15H,2-4,6,8-9,11-12H2,1H3,(H,18,19). The maximum Gasteiger partial charge on any atom is 0.251 e. The molecule has 0 spiro atoms. The predicted molar refractivity (Wildman–Crippen MR) is 82.8 cm³/mol. The Hall–Kier alpha value is -1.55. The molecule has 4 heteroatoms. The molecule has 1 N–H and O–H groups in total. The van der Waals surface area contributed by atoms with E-state index in [1.54, 1.807) is 19.2 Å². The van der Waals surface area contributed by atoms with Crippen LogP contribution in [-0.2, 0) is 4.74 Å². The molecule has 2 rings (SSSR count). The maximum absolute atomic E-state index is 12.0. The van der Waals surface area contributed by atoms with E-state index in [4.69, 9.17) is 9.47 Å². The smallest absolute Gasteiger partial charge is 0.251 e. The number of amides is 1. The van der Waals surface area contributed by atoms with Crippen molar-refractivity contribution < 1.29 is 14.3 Å². The monoisotopic (exact) mass is 291 g/mol. The molecular formula is C17H25NO3. The molecule has 1 aliphatic carbocycles. The molecule has 1 amide bonds. The largest absolute Gasteiger partial charge is 0.497 e. The summed E-state index contributed by atoms with van der Waals surface area (Å²) in [7, 11) is 1.60. The molecule has 0 atom stereocenters. The lowest BCUT2D eigenvalue weighted by Crippen LogP contribution is -2.26. The molecule has 0 heterocycles. The molecule has 21 heavy (non-hydrogen) atoms. The summed E-state index contributed by atoms with van der Waals surface area (Å²) in [5, 5.41) is 2.91. The van der Waals surface area contributed by atoms with Gasteiger partial charge in [-0.1, -0.05) is 25.3 Å². The van der Waals surface area contributed by atoms with Crippen LogP contribution in [-0.4, -0.2) is 32.3 Å². The molecule has 116 valence electrons. The van der Waals surface area contributed by atoms with Crippen LogP contribution in [0.2, 0.25) is 0 Å². The van der Waals surface area contributed by atoms with Gasteiger partial charge in [0.25, 0.3) is 5.91 Å². The van der Waals surface area contributed by atoms with E-state index in [0.29, 0.717) is 24.0 Å². The zero-order chi connectivity index (χ0) is 14.9. The van der Waals surface area contributed by atoms with E-state index in [1.165, 1.54) is 32.1 Å². The number of ether oxygens (including phenoxy) is 2. The Morgan fingerprint density at radius 3 is 2.86 bits per heavy atom. The highest BCUT2D eigenvalue weighted by molar-refractivity contribution is 5.94. The lowest BCUT2D eigenvalue weighted by Gasteiger charge is -2.21. The number of nitrogens with one attached hydrogen (secondary N) is 1. The normalized spacial score (nSPS) is 15.7. The Morgan fingerprint density at radius 1 is 1.29 bits per heavy atom. The third-order valence-corrected chi connectivity index (χ3v) is 3.84. The molecule has 0 radical (unpaired) electrons. The van der Waals surface area contributed by atoms with E-state index >= 15 is 0 Å². The first kappa shape index (κ1) is 15.8. The second-order valence-electron chi connectivity index (χ2n) is 5.47. The molecule has 0 bridgehead atoms. The average molecular weight is 291 g/mol.